The monoisotopic (exact) mass is 495 g/mol. The second kappa shape index (κ2) is 8.42. The van der Waals surface area contributed by atoms with Crippen LogP contribution in [0.4, 0.5) is 5.82 Å². The van der Waals surface area contributed by atoms with Crippen LogP contribution in [0.25, 0.3) is 22.4 Å². The zero-order valence-electron chi connectivity index (χ0n) is 17.8. The van der Waals surface area contributed by atoms with Crippen LogP contribution in [0.15, 0.2) is 47.3 Å². The quantitative estimate of drug-likeness (QED) is 0.388. The number of nitrogens with two attached hydrogens (primary N) is 1. The normalized spacial score (nSPS) is 23.4. The van der Waals surface area contributed by atoms with Gasteiger partial charge in [-0.25, -0.2) is 15.0 Å². The fourth-order valence-corrected chi connectivity index (χ4v) is 5.18. The fourth-order valence-electron chi connectivity index (χ4n) is 4.84. The molecule has 7 nitrogen and oxygen atoms in total. The van der Waals surface area contributed by atoms with E-state index in [1.54, 1.807) is 6.33 Å². The third-order valence-corrected chi connectivity index (χ3v) is 7.32. The van der Waals surface area contributed by atoms with E-state index >= 15 is 0 Å². The number of rotatable bonds is 5. The van der Waals surface area contributed by atoms with Gasteiger partial charge in [-0.3, -0.25) is 0 Å². The molecule has 4 N–H and O–H groups in total. The van der Waals surface area contributed by atoms with Gasteiger partial charge in [-0.2, -0.15) is 0 Å². The van der Waals surface area contributed by atoms with E-state index in [1.807, 2.05) is 29.0 Å². The van der Waals surface area contributed by atoms with Gasteiger partial charge in [0.25, 0.3) is 0 Å². The highest BCUT2D eigenvalue weighted by molar-refractivity contribution is 9.10. The van der Waals surface area contributed by atoms with Gasteiger partial charge in [-0.15, -0.1) is 0 Å². The van der Waals surface area contributed by atoms with Crippen LogP contribution in [0.2, 0.25) is 0 Å². The number of fused-ring (bicyclic) bond motifs is 2. The Morgan fingerprint density at radius 3 is 2.78 bits per heavy atom. The first-order valence-electron chi connectivity index (χ1n) is 11.0. The van der Waals surface area contributed by atoms with Gasteiger partial charge in [0, 0.05) is 11.6 Å². The molecular weight excluding hydrogens is 470 g/mol. The first-order valence-corrected chi connectivity index (χ1v) is 11.8. The van der Waals surface area contributed by atoms with E-state index in [0.717, 1.165) is 57.3 Å². The van der Waals surface area contributed by atoms with E-state index < -0.39 is 12.2 Å². The summed E-state index contributed by atoms with van der Waals surface area (Å²) in [6, 6.07) is 9.96. The number of aliphatic hydroxyl groups excluding tert-OH is 2. The van der Waals surface area contributed by atoms with Crippen molar-refractivity contribution in [2.45, 2.75) is 50.9 Å². The van der Waals surface area contributed by atoms with Gasteiger partial charge < -0.3 is 20.5 Å². The summed E-state index contributed by atoms with van der Waals surface area (Å²) >= 11 is 3.42. The molecule has 1 aromatic heterocycles. The van der Waals surface area contributed by atoms with Crippen LogP contribution >= 0.6 is 15.9 Å². The number of halogens is 1. The first-order chi connectivity index (χ1) is 15.4. The third kappa shape index (κ3) is 3.76. The van der Waals surface area contributed by atoms with Crippen molar-refractivity contribution in [3.63, 3.8) is 0 Å². The smallest absolute Gasteiger partial charge is 0.160 e. The minimum Gasteiger partial charge on any atom is -0.390 e. The van der Waals surface area contributed by atoms with E-state index in [9.17, 15) is 10.2 Å². The van der Waals surface area contributed by atoms with Crippen molar-refractivity contribution in [1.29, 1.82) is 0 Å². The zero-order chi connectivity index (χ0) is 22.4. The molecule has 166 valence electrons. The van der Waals surface area contributed by atoms with Gasteiger partial charge in [0.1, 0.15) is 23.9 Å². The van der Waals surface area contributed by atoms with Gasteiger partial charge in [0.15, 0.2) is 5.82 Å². The second-order valence-electron chi connectivity index (χ2n) is 8.66. The molecule has 1 saturated carbocycles. The van der Waals surface area contributed by atoms with Crippen molar-refractivity contribution < 1.29 is 10.2 Å². The maximum absolute atomic E-state index is 10.9. The summed E-state index contributed by atoms with van der Waals surface area (Å²) in [6.45, 7) is 2.09. The van der Waals surface area contributed by atoms with Crippen LogP contribution in [0.1, 0.15) is 36.9 Å². The Kier molecular flexibility index (Phi) is 5.61. The summed E-state index contributed by atoms with van der Waals surface area (Å²) < 4.78 is 2.80. The lowest BCUT2D eigenvalue weighted by atomic mass is 9.95. The Morgan fingerprint density at radius 2 is 1.97 bits per heavy atom. The molecule has 4 atom stereocenters. The summed E-state index contributed by atoms with van der Waals surface area (Å²) in [5, 5.41) is 22.7. The van der Waals surface area contributed by atoms with E-state index in [1.165, 1.54) is 0 Å². The third-order valence-electron chi connectivity index (χ3n) is 6.68. The van der Waals surface area contributed by atoms with Crippen molar-refractivity contribution in [3.8, 4) is 11.5 Å². The van der Waals surface area contributed by atoms with Crippen molar-refractivity contribution in [2.75, 3.05) is 5.73 Å². The van der Waals surface area contributed by atoms with Crippen LogP contribution in [-0.2, 0) is 12.8 Å². The maximum atomic E-state index is 10.9. The molecule has 0 spiro atoms. The molecule has 3 aliphatic rings. The molecule has 1 aliphatic carbocycles. The largest absolute Gasteiger partial charge is 0.390 e. The lowest BCUT2D eigenvalue weighted by Gasteiger charge is -2.23. The predicted molar refractivity (Wildman–Crippen MR) is 127 cm³/mol. The number of hydrogen-bond acceptors (Lipinski definition) is 6. The summed E-state index contributed by atoms with van der Waals surface area (Å²) in [7, 11) is 0. The zero-order valence-corrected chi connectivity index (χ0v) is 19.4. The van der Waals surface area contributed by atoms with Gasteiger partial charge in [0.2, 0.25) is 0 Å². The van der Waals surface area contributed by atoms with Crippen molar-refractivity contribution in [1.82, 2.24) is 19.5 Å². The molecule has 0 saturated heterocycles. The highest BCUT2D eigenvalue weighted by Crippen LogP contribution is 2.40. The van der Waals surface area contributed by atoms with Gasteiger partial charge >= 0.3 is 0 Å². The topological polar surface area (TPSA) is 110 Å². The highest BCUT2D eigenvalue weighted by Gasteiger charge is 2.42. The number of nitrogen functional groups attached to an aromatic ring is 1. The molecule has 0 unspecified atom stereocenters. The number of aromatic nitrogens is 4. The van der Waals surface area contributed by atoms with Gasteiger partial charge in [-0.05, 0) is 76.9 Å². The molecule has 1 aromatic carbocycles. The van der Waals surface area contributed by atoms with E-state index in [2.05, 4.69) is 49.9 Å². The van der Waals surface area contributed by atoms with Crippen LogP contribution in [0.3, 0.4) is 0 Å². The summed E-state index contributed by atoms with van der Waals surface area (Å²) in [5.74, 6) is 1.22. The maximum Gasteiger partial charge on any atom is 0.160 e. The molecule has 0 bridgehead atoms. The minimum absolute atomic E-state index is 0.00982. The number of anilines is 1. The Labute approximate surface area is 194 Å². The molecule has 2 aromatic rings. The summed E-state index contributed by atoms with van der Waals surface area (Å²) in [4.78, 5) is 13.2. The molecule has 32 heavy (non-hydrogen) atoms. The number of aliphatic hydroxyl groups is 2. The van der Waals surface area contributed by atoms with Crippen LogP contribution < -0.4 is 5.73 Å². The molecular formula is C24H26BrN5O2. The molecule has 1 fully saturated rings. The van der Waals surface area contributed by atoms with Crippen molar-refractivity contribution in [3.05, 3.63) is 58.5 Å². The van der Waals surface area contributed by atoms with Crippen molar-refractivity contribution >= 4 is 32.7 Å². The lowest BCUT2D eigenvalue weighted by Crippen LogP contribution is -2.30. The number of nitrogens with zero attached hydrogens (tertiary/aromatic N) is 4. The fraction of sp³-hybridized carbons (Fsp3) is 0.375. The van der Waals surface area contributed by atoms with Crippen molar-refractivity contribution in [2.24, 2.45) is 5.92 Å². The average Bonchev–Trinajstić information content (AvgIpc) is 3.37. The number of hydrogen-bond donors (Lipinski definition) is 3. The highest BCUT2D eigenvalue weighted by atomic mass is 79.9. The van der Waals surface area contributed by atoms with Gasteiger partial charge in [-0.1, -0.05) is 19.1 Å². The number of aryl methyl sites for hydroxylation is 2. The van der Waals surface area contributed by atoms with E-state index in [-0.39, 0.29) is 12.0 Å². The Bertz CT molecular complexity index is 1240. The SMILES string of the molecule is CCc1cc2ncnc-2n([C@@H]2C[C@H](CCc3ccc4cc(Br)c(N)nc4c3)[C@@H](O)[C@H]2O)c1. The first kappa shape index (κ1) is 21.3. The molecule has 2 aliphatic heterocycles. The summed E-state index contributed by atoms with van der Waals surface area (Å²) in [6.07, 6.45) is 5.10. The van der Waals surface area contributed by atoms with Gasteiger partial charge in [0.05, 0.1) is 22.1 Å². The Balaban J connectivity index is 1.35. The van der Waals surface area contributed by atoms with Crippen LogP contribution in [0.5, 0.6) is 0 Å². The molecule has 5 rings (SSSR count). The Hall–Kier alpha value is -2.55. The second-order valence-corrected chi connectivity index (χ2v) is 9.51. The average molecular weight is 496 g/mol. The Morgan fingerprint density at radius 1 is 1.12 bits per heavy atom. The minimum atomic E-state index is -0.840. The number of imidazole rings is 1. The predicted octanol–water partition coefficient (Wildman–Crippen LogP) is 3.75. The molecule has 3 heterocycles. The lowest BCUT2D eigenvalue weighted by molar-refractivity contribution is 0.00498. The van der Waals surface area contributed by atoms with Crippen LogP contribution in [0, 0.1) is 5.92 Å². The van der Waals surface area contributed by atoms with Crippen LogP contribution in [-0.4, -0.2) is 41.9 Å². The summed E-state index contributed by atoms with van der Waals surface area (Å²) in [5.41, 5.74) is 9.89. The molecule has 0 radical (unpaired) electrons. The van der Waals surface area contributed by atoms with E-state index in [4.69, 9.17) is 5.73 Å². The molecule has 8 heteroatoms. The van der Waals surface area contributed by atoms with E-state index in [0.29, 0.717) is 12.2 Å². The molecule has 0 amide bonds. The number of benzene rings is 1. The number of pyridine rings is 2. The standard InChI is InChI=1S/C24H26BrN5O2/c1-2-13-7-19-24(28-12-27-19)30(11-13)20-10-16(21(31)22(20)32)6-4-14-3-5-15-9-17(25)23(26)29-18(15)8-14/h3,5,7-9,11-12,16,20-22,31-32H,2,4,6,10H2,1H3,(H2,26,29)/t16-,20+,21+,22-/m0/s1.